The summed E-state index contributed by atoms with van der Waals surface area (Å²) in [5.41, 5.74) is 2.67. The number of halogens is 1. The van der Waals surface area contributed by atoms with E-state index in [1.165, 1.54) is 22.5 Å². The highest BCUT2D eigenvalue weighted by Crippen LogP contribution is 2.29. The Kier molecular flexibility index (Phi) is 7.24. The molecule has 0 saturated carbocycles. The fourth-order valence-electron chi connectivity index (χ4n) is 3.86. The number of nitrogens with one attached hydrogen (secondary N) is 1. The second kappa shape index (κ2) is 9.54. The highest BCUT2D eigenvalue weighted by molar-refractivity contribution is 7.89. The van der Waals surface area contributed by atoms with Crippen molar-refractivity contribution >= 4 is 27.5 Å². The van der Waals surface area contributed by atoms with E-state index in [4.69, 9.17) is 16.3 Å². The van der Waals surface area contributed by atoms with E-state index in [0.717, 1.165) is 29.7 Å². The standard InChI is InChI=1S/C22H28ClN3O4S/c1-14-6-5-9-26(13-14)31(28,29)20-10-17(7-8-18(20)23)22(27)25-12-19-16(3)21(30-4)15(2)11-24-19/h7-8,10-11,14H,5-6,9,12-13H2,1-4H3,(H,25,27). The number of aryl methyl sites for hydroxylation is 1. The van der Waals surface area contributed by atoms with Crippen LogP contribution in [-0.2, 0) is 16.6 Å². The molecular formula is C22H28ClN3O4S. The maximum atomic E-state index is 13.1. The van der Waals surface area contributed by atoms with Crippen LogP contribution in [0.15, 0.2) is 29.3 Å². The number of rotatable bonds is 6. The SMILES string of the molecule is COc1c(C)cnc(CNC(=O)c2ccc(Cl)c(S(=O)(=O)N3CCCC(C)C3)c2)c1C. The Morgan fingerprint density at radius 1 is 1.35 bits per heavy atom. The van der Waals surface area contributed by atoms with E-state index in [2.05, 4.69) is 10.3 Å². The molecule has 1 aliphatic rings. The number of methoxy groups -OCH3 is 1. The first-order chi connectivity index (χ1) is 14.6. The zero-order valence-electron chi connectivity index (χ0n) is 18.2. The van der Waals surface area contributed by atoms with Crippen LogP contribution in [0.3, 0.4) is 0 Å². The summed E-state index contributed by atoms with van der Waals surface area (Å²) in [4.78, 5) is 17.1. The number of hydrogen-bond acceptors (Lipinski definition) is 5. The monoisotopic (exact) mass is 465 g/mol. The molecule has 0 radical (unpaired) electrons. The smallest absolute Gasteiger partial charge is 0.251 e. The van der Waals surface area contributed by atoms with Crippen molar-refractivity contribution in [2.24, 2.45) is 5.92 Å². The van der Waals surface area contributed by atoms with Crippen LogP contribution in [0.2, 0.25) is 5.02 Å². The first kappa shape index (κ1) is 23.5. The maximum Gasteiger partial charge on any atom is 0.251 e. The molecule has 1 N–H and O–H groups in total. The van der Waals surface area contributed by atoms with Crippen molar-refractivity contribution in [2.75, 3.05) is 20.2 Å². The average Bonchev–Trinajstić information content (AvgIpc) is 2.73. The molecule has 1 fully saturated rings. The molecule has 1 aliphatic heterocycles. The van der Waals surface area contributed by atoms with Crippen molar-refractivity contribution in [1.82, 2.24) is 14.6 Å². The summed E-state index contributed by atoms with van der Waals surface area (Å²) >= 11 is 6.22. The molecular weight excluding hydrogens is 438 g/mol. The van der Waals surface area contributed by atoms with E-state index in [1.54, 1.807) is 13.3 Å². The Morgan fingerprint density at radius 3 is 2.77 bits per heavy atom. The number of amides is 1. The lowest BCUT2D eigenvalue weighted by Crippen LogP contribution is -2.39. The van der Waals surface area contributed by atoms with Gasteiger partial charge in [0.05, 0.1) is 24.4 Å². The number of nitrogens with zero attached hydrogens (tertiary/aromatic N) is 2. The molecule has 1 atom stereocenters. The van der Waals surface area contributed by atoms with Crippen molar-refractivity contribution in [3.63, 3.8) is 0 Å². The van der Waals surface area contributed by atoms with Gasteiger partial charge in [-0.1, -0.05) is 18.5 Å². The van der Waals surface area contributed by atoms with Crippen LogP contribution in [0.25, 0.3) is 0 Å². The van der Waals surface area contributed by atoms with Gasteiger partial charge >= 0.3 is 0 Å². The number of aromatic nitrogens is 1. The summed E-state index contributed by atoms with van der Waals surface area (Å²) < 4.78 is 33.1. The van der Waals surface area contributed by atoms with Crippen molar-refractivity contribution < 1.29 is 17.9 Å². The highest BCUT2D eigenvalue weighted by Gasteiger charge is 2.31. The van der Waals surface area contributed by atoms with E-state index in [0.29, 0.717) is 18.8 Å². The third kappa shape index (κ3) is 5.02. The van der Waals surface area contributed by atoms with Crippen molar-refractivity contribution in [1.29, 1.82) is 0 Å². The number of hydrogen-bond donors (Lipinski definition) is 1. The first-order valence-electron chi connectivity index (χ1n) is 10.2. The predicted molar refractivity (Wildman–Crippen MR) is 120 cm³/mol. The predicted octanol–water partition coefficient (Wildman–Crippen LogP) is 3.71. The summed E-state index contributed by atoms with van der Waals surface area (Å²) in [6.07, 6.45) is 3.50. The van der Waals surface area contributed by atoms with Gasteiger partial charge in [-0.15, -0.1) is 0 Å². The number of piperidine rings is 1. The van der Waals surface area contributed by atoms with Gasteiger partial charge in [-0.3, -0.25) is 9.78 Å². The minimum absolute atomic E-state index is 0.0396. The third-order valence-electron chi connectivity index (χ3n) is 5.60. The van der Waals surface area contributed by atoms with Gasteiger partial charge in [0.15, 0.2) is 0 Å². The largest absolute Gasteiger partial charge is 0.496 e. The molecule has 1 aromatic heterocycles. The van der Waals surface area contributed by atoms with Gasteiger partial charge in [-0.05, 0) is 50.8 Å². The molecule has 2 aromatic rings. The Labute approximate surface area is 188 Å². The van der Waals surface area contributed by atoms with Gasteiger partial charge in [0.2, 0.25) is 10.0 Å². The van der Waals surface area contributed by atoms with Crippen LogP contribution in [0.5, 0.6) is 5.75 Å². The molecule has 7 nitrogen and oxygen atoms in total. The number of carbonyl (C=O) groups excluding carboxylic acids is 1. The second-order valence-corrected chi connectivity index (χ2v) is 10.3. The zero-order valence-corrected chi connectivity index (χ0v) is 19.8. The normalized spacial score (nSPS) is 17.4. The molecule has 31 heavy (non-hydrogen) atoms. The molecule has 3 rings (SSSR count). The van der Waals surface area contributed by atoms with Gasteiger partial charge in [0.25, 0.3) is 5.91 Å². The average molecular weight is 466 g/mol. The lowest BCUT2D eigenvalue weighted by Gasteiger charge is -2.30. The van der Waals surface area contributed by atoms with Gasteiger partial charge in [0.1, 0.15) is 10.6 Å². The highest BCUT2D eigenvalue weighted by atomic mass is 35.5. The fourth-order valence-corrected chi connectivity index (χ4v) is 5.96. The molecule has 1 aromatic carbocycles. The number of sulfonamides is 1. The molecule has 1 saturated heterocycles. The first-order valence-corrected chi connectivity index (χ1v) is 12.0. The molecule has 168 valence electrons. The lowest BCUT2D eigenvalue weighted by atomic mass is 10.0. The van der Waals surface area contributed by atoms with Gasteiger partial charge in [-0.2, -0.15) is 4.31 Å². The summed E-state index contributed by atoms with van der Waals surface area (Å²) in [6.45, 7) is 6.92. The number of pyridine rings is 1. The van der Waals surface area contributed by atoms with Crippen molar-refractivity contribution in [3.8, 4) is 5.75 Å². The number of carbonyl (C=O) groups is 1. The molecule has 0 spiro atoms. The number of benzene rings is 1. The summed E-state index contributed by atoms with van der Waals surface area (Å²) in [5, 5.41) is 2.91. The Bertz CT molecular complexity index is 1090. The maximum absolute atomic E-state index is 13.1. The molecule has 9 heteroatoms. The van der Waals surface area contributed by atoms with Crippen LogP contribution in [0.4, 0.5) is 0 Å². The van der Waals surface area contributed by atoms with Crippen molar-refractivity contribution in [2.45, 2.75) is 45.1 Å². The van der Waals surface area contributed by atoms with Crippen LogP contribution in [0, 0.1) is 19.8 Å². The number of ether oxygens (including phenoxy) is 1. The molecule has 1 unspecified atom stereocenters. The van der Waals surface area contributed by atoms with E-state index in [1.807, 2.05) is 20.8 Å². The van der Waals surface area contributed by atoms with Crippen LogP contribution >= 0.6 is 11.6 Å². The van der Waals surface area contributed by atoms with E-state index in [-0.39, 0.29) is 27.9 Å². The molecule has 0 bridgehead atoms. The third-order valence-corrected chi connectivity index (χ3v) is 7.94. The zero-order chi connectivity index (χ0) is 22.8. The second-order valence-electron chi connectivity index (χ2n) is 7.98. The van der Waals surface area contributed by atoms with Gasteiger partial charge in [0, 0.05) is 36.0 Å². The summed E-state index contributed by atoms with van der Waals surface area (Å²) in [6, 6.07) is 4.32. The lowest BCUT2D eigenvalue weighted by molar-refractivity contribution is 0.0950. The Morgan fingerprint density at radius 2 is 2.10 bits per heavy atom. The van der Waals surface area contributed by atoms with Crippen LogP contribution in [0.1, 0.15) is 46.9 Å². The van der Waals surface area contributed by atoms with Crippen LogP contribution in [-0.4, -0.2) is 43.8 Å². The minimum Gasteiger partial charge on any atom is -0.496 e. The van der Waals surface area contributed by atoms with Crippen LogP contribution < -0.4 is 10.1 Å². The quantitative estimate of drug-likeness (QED) is 0.702. The van der Waals surface area contributed by atoms with Gasteiger partial charge in [-0.25, -0.2) is 8.42 Å². The van der Waals surface area contributed by atoms with E-state index < -0.39 is 15.9 Å². The topological polar surface area (TPSA) is 88.6 Å². The van der Waals surface area contributed by atoms with E-state index >= 15 is 0 Å². The summed E-state index contributed by atoms with van der Waals surface area (Å²) in [5.74, 6) is 0.617. The van der Waals surface area contributed by atoms with Gasteiger partial charge < -0.3 is 10.1 Å². The van der Waals surface area contributed by atoms with Crippen molar-refractivity contribution in [3.05, 3.63) is 51.8 Å². The Hall–Kier alpha value is -2.16. The molecule has 1 amide bonds. The molecule has 0 aliphatic carbocycles. The summed E-state index contributed by atoms with van der Waals surface area (Å²) in [7, 11) is -2.18. The minimum atomic E-state index is -3.78. The molecule has 2 heterocycles. The fraction of sp³-hybridized carbons (Fsp3) is 0.455. The Balaban J connectivity index is 1.81. The van der Waals surface area contributed by atoms with E-state index in [9.17, 15) is 13.2 Å².